The largest absolute Gasteiger partial charge is 0.361 e. The predicted octanol–water partition coefficient (Wildman–Crippen LogP) is 5.27. The Morgan fingerprint density at radius 1 is 1.00 bits per heavy atom. The van der Waals surface area contributed by atoms with Gasteiger partial charge in [0.15, 0.2) is 11.0 Å². The lowest BCUT2D eigenvalue weighted by Gasteiger charge is -2.11. The first-order valence-corrected chi connectivity index (χ1v) is 12.2. The molecule has 0 saturated carbocycles. The summed E-state index contributed by atoms with van der Waals surface area (Å²) < 4.78 is 1.98. The Labute approximate surface area is 207 Å². The van der Waals surface area contributed by atoms with Crippen molar-refractivity contribution < 1.29 is 4.79 Å². The molecule has 7 nitrogen and oxygen atoms in total. The van der Waals surface area contributed by atoms with Crippen molar-refractivity contribution in [2.45, 2.75) is 19.0 Å². The molecule has 0 aliphatic rings. The number of aryl methyl sites for hydroxylation is 2. The van der Waals surface area contributed by atoms with Crippen LogP contribution in [-0.4, -0.2) is 37.6 Å². The third kappa shape index (κ3) is 5.02. The molecule has 2 N–H and O–H groups in total. The highest BCUT2D eigenvalue weighted by Gasteiger charge is 2.17. The van der Waals surface area contributed by atoms with E-state index in [-0.39, 0.29) is 11.7 Å². The third-order valence-electron chi connectivity index (χ3n) is 5.58. The normalized spacial score (nSPS) is 11.4. The standard InChI is InChI=1S/C27H24N6OS/c1-18-7-11-20(12-8-18)26-31-32-27(33(26)22-13-9-19(2)10-14-22)35-17-25(34)30-29-16-21-15-28-24-6-4-3-5-23(21)24/h3-16,28H,17H2,1-2H3,(H,30,34)/b29-16-. The van der Waals surface area contributed by atoms with Crippen molar-refractivity contribution in [3.63, 3.8) is 0 Å². The number of aromatic amines is 1. The van der Waals surface area contributed by atoms with Gasteiger partial charge in [-0.2, -0.15) is 5.10 Å². The number of thioether (sulfide) groups is 1. The second-order valence-electron chi connectivity index (χ2n) is 8.21. The minimum Gasteiger partial charge on any atom is -0.361 e. The van der Waals surface area contributed by atoms with Gasteiger partial charge in [-0.25, -0.2) is 5.43 Å². The molecule has 0 fully saturated rings. The van der Waals surface area contributed by atoms with E-state index in [1.54, 1.807) is 6.21 Å². The molecule has 0 radical (unpaired) electrons. The van der Waals surface area contributed by atoms with Crippen molar-refractivity contribution in [3.8, 4) is 17.1 Å². The number of hydrazone groups is 1. The smallest absolute Gasteiger partial charge is 0.250 e. The number of hydrogen-bond acceptors (Lipinski definition) is 5. The van der Waals surface area contributed by atoms with Gasteiger partial charge >= 0.3 is 0 Å². The van der Waals surface area contributed by atoms with Crippen LogP contribution in [0.4, 0.5) is 0 Å². The first-order valence-electron chi connectivity index (χ1n) is 11.2. The van der Waals surface area contributed by atoms with E-state index in [0.717, 1.165) is 33.5 Å². The number of hydrogen-bond donors (Lipinski definition) is 2. The molecule has 0 aliphatic carbocycles. The second-order valence-corrected chi connectivity index (χ2v) is 9.16. The second kappa shape index (κ2) is 9.99. The molecule has 0 saturated heterocycles. The highest BCUT2D eigenvalue weighted by atomic mass is 32.2. The van der Waals surface area contributed by atoms with Crippen molar-refractivity contribution in [2.75, 3.05) is 5.75 Å². The zero-order valence-electron chi connectivity index (χ0n) is 19.4. The topological polar surface area (TPSA) is 88.0 Å². The van der Waals surface area contributed by atoms with E-state index >= 15 is 0 Å². The fourth-order valence-corrected chi connectivity index (χ4v) is 4.46. The maximum Gasteiger partial charge on any atom is 0.250 e. The quantitative estimate of drug-likeness (QED) is 0.189. The van der Waals surface area contributed by atoms with Gasteiger partial charge in [0.2, 0.25) is 0 Å². The molecule has 5 aromatic rings. The Morgan fingerprint density at radius 3 is 2.49 bits per heavy atom. The predicted molar refractivity (Wildman–Crippen MR) is 141 cm³/mol. The summed E-state index contributed by atoms with van der Waals surface area (Å²) in [7, 11) is 0. The van der Waals surface area contributed by atoms with Gasteiger partial charge in [-0.05, 0) is 32.0 Å². The molecule has 2 aromatic heterocycles. The van der Waals surface area contributed by atoms with Crippen LogP contribution in [0.25, 0.3) is 28.0 Å². The maximum atomic E-state index is 12.5. The summed E-state index contributed by atoms with van der Waals surface area (Å²) in [4.78, 5) is 15.7. The van der Waals surface area contributed by atoms with Crippen LogP contribution in [0, 0.1) is 13.8 Å². The van der Waals surface area contributed by atoms with Crippen LogP contribution >= 0.6 is 11.8 Å². The van der Waals surface area contributed by atoms with E-state index in [2.05, 4.69) is 56.9 Å². The molecule has 5 rings (SSSR count). The van der Waals surface area contributed by atoms with Crippen LogP contribution in [0.2, 0.25) is 0 Å². The van der Waals surface area contributed by atoms with Gasteiger partial charge in [-0.3, -0.25) is 9.36 Å². The van der Waals surface area contributed by atoms with Crippen molar-refractivity contribution >= 4 is 34.8 Å². The monoisotopic (exact) mass is 480 g/mol. The summed E-state index contributed by atoms with van der Waals surface area (Å²) in [5.74, 6) is 0.666. The number of para-hydroxylation sites is 1. The SMILES string of the molecule is Cc1ccc(-c2nnc(SCC(=O)N/N=C\c3c[nH]c4ccccc34)n2-c2ccc(C)cc2)cc1. The maximum absolute atomic E-state index is 12.5. The molecule has 174 valence electrons. The number of nitrogens with zero attached hydrogens (tertiary/aromatic N) is 4. The van der Waals surface area contributed by atoms with E-state index in [9.17, 15) is 4.79 Å². The van der Waals surface area contributed by atoms with Gasteiger partial charge in [0.05, 0.1) is 12.0 Å². The number of H-pyrrole nitrogens is 1. The average molecular weight is 481 g/mol. The van der Waals surface area contributed by atoms with Crippen LogP contribution in [0.1, 0.15) is 16.7 Å². The van der Waals surface area contributed by atoms with Gasteiger partial charge in [-0.15, -0.1) is 10.2 Å². The van der Waals surface area contributed by atoms with E-state index in [1.165, 1.54) is 22.9 Å². The third-order valence-corrected chi connectivity index (χ3v) is 6.51. The fraction of sp³-hybridized carbons (Fsp3) is 0.111. The number of fused-ring (bicyclic) bond motifs is 1. The highest BCUT2D eigenvalue weighted by Crippen LogP contribution is 2.28. The number of benzene rings is 3. The first kappa shape index (κ1) is 22.6. The minimum absolute atomic E-state index is 0.156. The number of nitrogens with one attached hydrogen (secondary N) is 2. The van der Waals surface area contributed by atoms with Crippen LogP contribution in [-0.2, 0) is 4.79 Å². The summed E-state index contributed by atoms with van der Waals surface area (Å²) in [6.45, 7) is 4.10. The lowest BCUT2D eigenvalue weighted by Crippen LogP contribution is -2.20. The number of aromatic nitrogens is 4. The van der Waals surface area contributed by atoms with Crippen molar-refractivity contribution in [2.24, 2.45) is 5.10 Å². The minimum atomic E-state index is -0.221. The molecule has 35 heavy (non-hydrogen) atoms. The zero-order valence-corrected chi connectivity index (χ0v) is 20.2. The van der Waals surface area contributed by atoms with Crippen molar-refractivity contribution in [1.29, 1.82) is 0 Å². The molecule has 0 unspecified atom stereocenters. The Morgan fingerprint density at radius 2 is 1.71 bits per heavy atom. The van der Waals surface area contributed by atoms with Crippen molar-refractivity contribution in [1.82, 2.24) is 25.2 Å². The van der Waals surface area contributed by atoms with Gasteiger partial charge in [-0.1, -0.05) is 77.5 Å². The van der Waals surface area contributed by atoms with E-state index < -0.39 is 0 Å². The lowest BCUT2D eigenvalue weighted by atomic mass is 10.1. The number of rotatable bonds is 7. The molecule has 0 aliphatic heterocycles. The van der Waals surface area contributed by atoms with E-state index in [1.807, 2.05) is 66.2 Å². The lowest BCUT2D eigenvalue weighted by molar-refractivity contribution is -0.118. The van der Waals surface area contributed by atoms with Crippen LogP contribution in [0.3, 0.4) is 0 Å². The first-order chi connectivity index (χ1) is 17.1. The molecule has 0 spiro atoms. The number of carbonyl (C=O) groups is 1. The average Bonchev–Trinajstić information content (AvgIpc) is 3.48. The number of amides is 1. The summed E-state index contributed by atoms with van der Waals surface area (Å²) in [5.41, 5.74) is 8.79. The summed E-state index contributed by atoms with van der Waals surface area (Å²) >= 11 is 1.32. The molecule has 1 amide bonds. The molecule has 3 aromatic carbocycles. The Kier molecular flexibility index (Phi) is 6.45. The van der Waals surface area contributed by atoms with Crippen LogP contribution in [0.15, 0.2) is 89.3 Å². The number of carbonyl (C=O) groups excluding carboxylic acids is 1. The molecular formula is C27H24N6OS. The van der Waals surface area contributed by atoms with E-state index in [4.69, 9.17) is 0 Å². The molecular weight excluding hydrogens is 456 g/mol. The fourth-order valence-electron chi connectivity index (χ4n) is 3.72. The molecule has 2 heterocycles. The van der Waals surface area contributed by atoms with E-state index in [0.29, 0.717) is 5.16 Å². The Hall–Kier alpha value is -4.17. The molecule has 0 bridgehead atoms. The van der Waals surface area contributed by atoms with Crippen LogP contribution in [0.5, 0.6) is 0 Å². The summed E-state index contributed by atoms with van der Waals surface area (Å²) in [6.07, 6.45) is 3.51. The van der Waals surface area contributed by atoms with Gasteiger partial charge in [0.1, 0.15) is 0 Å². The van der Waals surface area contributed by atoms with Gasteiger partial charge < -0.3 is 4.98 Å². The molecule has 0 atom stereocenters. The van der Waals surface area contributed by atoms with Crippen LogP contribution < -0.4 is 5.43 Å². The summed E-state index contributed by atoms with van der Waals surface area (Å²) in [6, 6.07) is 24.3. The Bertz CT molecular complexity index is 1500. The Balaban J connectivity index is 1.32. The summed E-state index contributed by atoms with van der Waals surface area (Å²) in [5, 5.41) is 14.7. The molecule has 8 heteroatoms. The van der Waals surface area contributed by atoms with Gasteiger partial charge in [0, 0.05) is 33.9 Å². The van der Waals surface area contributed by atoms with Crippen molar-refractivity contribution in [3.05, 3.63) is 95.7 Å². The highest BCUT2D eigenvalue weighted by molar-refractivity contribution is 7.99. The zero-order chi connectivity index (χ0) is 24.2. The van der Waals surface area contributed by atoms with Gasteiger partial charge in [0.25, 0.3) is 5.91 Å².